The van der Waals surface area contributed by atoms with Crippen molar-refractivity contribution < 1.29 is 42.7 Å². The summed E-state index contributed by atoms with van der Waals surface area (Å²) in [6.45, 7) is 2.00. The number of ether oxygens (including phenoxy) is 1. The summed E-state index contributed by atoms with van der Waals surface area (Å²) < 4.78 is 26.7. The van der Waals surface area contributed by atoms with E-state index in [9.17, 15) is 8.42 Å². The molecule has 0 aliphatic carbocycles. The first-order valence-electron chi connectivity index (χ1n) is 10.1. The van der Waals surface area contributed by atoms with Crippen molar-refractivity contribution in [1.29, 1.82) is 0 Å². The fraction of sp³-hybridized carbons (Fsp3) is 0.318. The second kappa shape index (κ2) is 21.8. The summed E-state index contributed by atoms with van der Waals surface area (Å²) in [4.78, 5) is 11.4. The molecule has 0 saturated carbocycles. The quantitative estimate of drug-likeness (QED) is 0.169. The van der Waals surface area contributed by atoms with Crippen LogP contribution in [0.4, 0.5) is 17.1 Å². The van der Waals surface area contributed by atoms with Crippen LogP contribution in [0, 0.1) is 0 Å². The SMILES string of the molecule is C1CCOC1.CS(=O)(=O)c1cc(N)ccn1.CSc1cc(N)ccn1.C[S-].Nc1ccnc(Cl)c1.[Na+]. The molecule has 1 aliphatic heterocycles. The summed E-state index contributed by atoms with van der Waals surface area (Å²) in [6, 6.07) is 9.78. The van der Waals surface area contributed by atoms with Crippen molar-refractivity contribution >= 4 is 62.9 Å². The number of nitrogens with zero attached hydrogens (tertiary/aromatic N) is 3. The van der Waals surface area contributed by atoms with E-state index in [2.05, 4.69) is 27.6 Å². The third-order valence-electron chi connectivity index (χ3n) is 3.68. The van der Waals surface area contributed by atoms with Crippen molar-refractivity contribution in [3.05, 3.63) is 60.1 Å². The number of anilines is 3. The minimum absolute atomic E-state index is 0. The van der Waals surface area contributed by atoms with Gasteiger partial charge in [-0.25, -0.2) is 23.4 Å². The van der Waals surface area contributed by atoms with Gasteiger partial charge in [0.2, 0.25) is 0 Å². The van der Waals surface area contributed by atoms with Crippen molar-refractivity contribution in [2.75, 3.05) is 49.2 Å². The Bertz CT molecular complexity index is 1070. The number of hydrogen-bond donors (Lipinski definition) is 3. The Morgan fingerprint density at radius 3 is 1.64 bits per heavy atom. The number of aromatic nitrogens is 3. The van der Waals surface area contributed by atoms with E-state index >= 15 is 0 Å². The van der Waals surface area contributed by atoms with Crippen LogP contribution < -0.4 is 46.8 Å². The Balaban J connectivity index is 0. The van der Waals surface area contributed by atoms with E-state index in [1.54, 1.807) is 48.6 Å². The van der Waals surface area contributed by atoms with E-state index in [0.29, 0.717) is 16.5 Å². The fourth-order valence-electron chi connectivity index (χ4n) is 2.09. The fourth-order valence-corrected chi connectivity index (χ4v) is 3.30. The van der Waals surface area contributed by atoms with Crippen molar-refractivity contribution in [3.8, 4) is 0 Å². The first kappa shape index (κ1) is 36.9. The standard InChI is InChI=1S/C6H8N2O2S.C6H8N2S.C5H5ClN2.C4H8O.CH4S.Na/c1-11(9,10)6-4-5(7)2-3-8-6;1-9-6-4-5(7)2-3-8-6;6-5-3-4(7)1-2-8-5;1-2-4-5-3-1;1-2;/h2-4H,1H3,(H2,7,8);2-4H,1H3,(H2,7,8);1-3H,(H2,7,8);1-4H2;2H,1H3;/q;;;;;+1/p-1. The van der Waals surface area contributed by atoms with Crippen LogP contribution in [0.1, 0.15) is 12.8 Å². The molecule has 4 rings (SSSR count). The molecular weight excluding hydrogens is 551 g/mol. The van der Waals surface area contributed by atoms with Crippen LogP contribution in [0.5, 0.6) is 0 Å². The van der Waals surface area contributed by atoms with E-state index < -0.39 is 9.84 Å². The van der Waals surface area contributed by atoms with Gasteiger partial charge in [-0.2, -0.15) is 6.26 Å². The molecule has 1 saturated heterocycles. The molecule has 36 heavy (non-hydrogen) atoms. The Morgan fingerprint density at radius 2 is 1.36 bits per heavy atom. The van der Waals surface area contributed by atoms with E-state index in [0.717, 1.165) is 30.2 Å². The van der Waals surface area contributed by atoms with Gasteiger partial charge >= 0.3 is 29.6 Å². The number of sulfone groups is 1. The second-order valence-electron chi connectivity index (χ2n) is 6.56. The maximum absolute atomic E-state index is 10.9. The van der Waals surface area contributed by atoms with Gasteiger partial charge in [0.25, 0.3) is 0 Å². The molecule has 6 N–H and O–H groups in total. The Kier molecular flexibility index (Phi) is 22.3. The monoisotopic (exact) mass is 582 g/mol. The second-order valence-corrected chi connectivity index (χ2v) is 9.74. The predicted octanol–water partition coefficient (Wildman–Crippen LogP) is 0.734. The Morgan fingerprint density at radius 1 is 0.889 bits per heavy atom. The molecule has 0 bridgehead atoms. The molecule has 194 valence electrons. The molecule has 0 aromatic carbocycles. The smallest absolute Gasteiger partial charge is 0.796 e. The molecule has 1 fully saturated rings. The van der Waals surface area contributed by atoms with Crippen molar-refractivity contribution in [2.24, 2.45) is 0 Å². The zero-order valence-corrected chi connectivity index (χ0v) is 26.1. The number of rotatable bonds is 2. The molecule has 0 radical (unpaired) electrons. The molecule has 3 aromatic heterocycles. The van der Waals surface area contributed by atoms with Gasteiger partial charge in [0.05, 0.1) is 5.03 Å². The van der Waals surface area contributed by atoms with Crippen molar-refractivity contribution in [1.82, 2.24) is 15.0 Å². The van der Waals surface area contributed by atoms with Crippen LogP contribution in [0.25, 0.3) is 0 Å². The van der Waals surface area contributed by atoms with E-state index in [1.807, 2.05) is 12.3 Å². The van der Waals surface area contributed by atoms with Crippen LogP contribution in [-0.2, 0) is 27.2 Å². The van der Waals surface area contributed by atoms with E-state index in [4.69, 9.17) is 33.5 Å². The van der Waals surface area contributed by atoms with Gasteiger partial charge in [-0.1, -0.05) is 11.6 Å². The molecule has 9 nitrogen and oxygen atoms in total. The van der Waals surface area contributed by atoms with Gasteiger partial charge in [-0.3, -0.25) is 0 Å². The third-order valence-corrected chi connectivity index (χ3v) is 5.52. The predicted molar refractivity (Wildman–Crippen MR) is 149 cm³/mol. The number of thioether (sulfide) groups is 1. The van der Waals surface area contributed by atoms with E-state index in [-0.39, 0.29) is 34.6 Å². The Labute approximate surface area is 251 Å². The van der Waals surface area contributed by atoms with Crippen molar-refractivity contribution in [2.45, 2.75) is 22.9 Å². The van der Waals surface area contributed by atoms with Gasteiger partial charge in [0.15, 0.2) is 14.9 Å². The maximum atomic E-state index is 10.9. The van der Waals surface area contributed by atoms with Gasteiger partial charge < -0.3 is 34.6 Å². The Hall–Kier alpha value is -1.25. The molecule has 4 heterocycles. The largest absolute Gasteiger partial charge is 1.00 e. The van der Waals surface area contributed by atoms with Gasteiger partial charge in [-0.15, -0.1) is 11.8 Å². The van der Waals surface area contributed by atoms with Crippen LogP contribution in [0.3, 0.4) is 0 Å². The topological polar surface area (TPSA) is 160 Å². The molecule has 0 atom stereocenters. The first-order valence-corrected chi connectivity index (χ1v) is 14.5. The summed E-state index contributed by atoms with van der Waals surface area (Å²) in [5.74, 6) is 0. The summed E-state index contributed by atoms with van der Waals surface area (Å²) in [7, 11) is -3.22. The zero-order chi connectivity index (χ0) is 26.7. The summed E-state index contributed by atoms with van der Waals surface area (Å²) >= 11 is 11.1. The summed E-state index contributed by atoms with van der Waals surface area (Å²) in [5.41, 5.74) is 18.0. The van der Waals surface area contributed by atoms with Crippen LogP contribution in [0.2, 0.25) is 5.15 Å². The average molecular weight is 583 g/mol. The van der Waals surface area contributed by atoms with Gasteiger partial charge in [0, 0.05) is 55.1 Å². The average Bonchev–Trinajstić information content (AvgIpc) is 3.41. The number of nitrogen functional groups attached to an aromatic ring is 3. The van der Waals surface area contributed by atoms with Gasteiger partial charge in [0.1, 0.15) is 5.15 Å². The molecule has 0 spiro atoms. The molecule has 0 amide bonds. The minimum atomic E-state index is -3.22. The van der Waals surface area contributed by atoms with E-state index in [1.165, 1.54) is 31.2 Å². The van der Waals surface area contributed by atoms with Crippen molar-refractivity contribution in [3.63, 3.8) is 0 Å². The molecule has 1 aliphatic rings. The molecule has 0 unspecified atom stereocenters. The van der Waals surface area contributed by atoms with Gasteiger partial charge in [-0.05, 0) is 55.5 Å². The summed E-state index contributed by atoms with van der Waals surface area (Å²) in [5, 5.41) is 1.41. The number of nitrogens with two attached hydrogens (primary N) is 3. The van der Waals surface area contributed by atoms with Crippen LogP contribution in [-0.4, -0.2) is 55.4 Å². The maximum Gasteiger partial charge on any atom is 1.00 e. The molecule has 14 heteroatoms. The molecular formula is C22H32ClN6NaO3S3. The number of pyridine rings is 3. The van der Waals surface area contributed by atoms with Crippen LogP contribution in [0.15, 0.2) is 65.0 Å². The zero-order valence-electron chi connectivity index (χ0n) is 20.9. The molecule has 3 aromatic rings. The van der Waals surface area contributed by atoms with Crippen LogP contribution >= 0.6 is 23.4 Å². The third kappa shape index (κ3) is 18.9. The minimum Gasteiger partial charge on any atom is -0.796 e. The number of hydrogen-bond acceptors (Lipinski definition) is 11. The first-order chi connectivity index (χ1) is 16.6. The normalized spacial score (nSPS) is 11.4. The number of halogens is 1. The summed E-state index contributed by atoms with van der Waals surface area (Å²) in [6.07, 6.45) is 11.8.